The van der Waals surface area contributed by atoms with E-state index in [1.54, 1.807) is 0 Å². The normalized spacial score (nSPS) is 13.6. The monoisotopic (exact) mass is 1100 g/mol. The Bertz CT molecular complexity index is 1530. The predicted octanol–water partition coefficient (Wildman–Crippen LogP) is 20.6. The van der Waals surface area contributed by atoms with Gasteiger partial charge in [0.15, 0.2) is 6.10 Å². The molecule has 0 rings (SSSR count). The molecule has 0 aromatic carbocycles. The molecule has 10 heteroatoms. The fraction of sp³-hybridized carbons (Fsp3) is 0.761. The van der Waals surface area contributed by atoms with Crippen LogP contribution in [0.3, 0.4) is 0 Å². The number of hydrogen-bond acceptors (Lipinski definition) is 8. The highest BCUT2D eigenvalue weighted by Crippen LogP contribution is 2.43. The van der Waals surface area contributed by atoms with Gasteiger partial charge in [0.1, 0.15) is 6.61 Å². The number of phosphoric ester groups is 1. The third-order valence-electron chi connectivity index (χ3n) is 13.8. The fourth-order valence-corrected chi connectivity index (χ4v) is 9.81. The van der Waals surface area contributed by atoms with Gasteiger partial charge in [-0.05, 0) is 89.9 Å². The summed E-state index contributed by atoms with van der Waals surface area (Å²) in [6.07, 6.45) is 82.3. The van der Waals surface area contributed by atoms with Gasteiger partial charge in [-0.1, -0.05) is 279 Å². The molecule has 0 heterocycles. The van der Waals surface area contributed by atoms with E-state index in [0.717, 1.165) is 77.0 Å². The molecule has 0 bridgehead atoms. The molecule has 0 aromatic rings. The lowest BCUT2D eigenvalue weighted by Crippen LogP contribution is -2.29. The Morgan fingerprint density at radius 2 is 0.714 bits per heavy atom. The van der Waals surface area contributed by atoms with Crippen LogP contribution in [0.2, 0.25) is 0 Å². The second-order valence-electron chi connectivity index (χ2n) is 21.2. The van der Waals surface area contributed by atoms with Gasteiger partial charge in [0.2, 0.25) is 0 Å². The lowest BCUT2D eigenvalue weighted by atomic mass is 10.0. The molecule has 0 aliphatic carbocycles. The van der Waals surface area contributed by atoms with Crippen LogP contribution >= 0.6 is 7.82 Å². The minimum atomic E-state index is -4.39. The average Bonchev–Trinajstić information content (AvgIpc) is 3.42. The first-order valence-corrected chi connectivity index (χ1v) is 33.6. The van der Waals surface area contributed by atoms with E-state index in [-0.39, 0.29) is 38.6 Å². The number of carbonyl (C=O) groups excluding carboxylic acids is 2. The van der Waals surface area contributed by atoms with Crippen molar-refractivity contribution < 1.29 is 37.6 Å². The highest BCUT2D eigenvalue weighted by Gasteiger charge is 2.26. The summed E-state index contributed by atoms with van der Waals surface area (Å²) in [5, 5.41) is 0. The second-order valence-corrected chi connectivity index (χ2v) is 22.7. The first-order valence-electron chi connectivity index (χ1n) is 32.1. The molecule has 0 fully saturated rings. The first kappa shape index (κ1) is 74.2. The molecule has 446 valence electrons. The number of unbranched alkanes of at least 4 members (excludes halogenated alkanes) is 33. The van der Waals surface area contributed by atoms with Crippen LogP contribution in [0.1, 0.15) is 296 Å². The van der Waals surface area contributed by atoms with E-state index in [1.165, 1.54) is 186 Å². The van der Waals surface area contributed by atoms with Crippen LogP contribution in [-0.4, -0.2) is 49.3 Å². The highest BCUT2D eigenvalue weighted by atomic mass is 31.2. The standard InChI is InChI=1S/C67H120NO8P/c1-3-5-7-9-11-13-15-17-19-21-23-25-26-27-28-29-30-31-32-33-34-35-36-37-38-40-42-44-46-48-50-52-54-56-58-60-67(70)76-65(64-75-77(71,72)74-62-61-68)63-73-66(69)59-57-55-53-51-49-47-45-43-41-39-24-22-20-18-16-14-12-10-8-6-4-2/h5,7,11,13,16-19,22-25,27-28,65H,3-4,6,8-10,12,14-15,20-21,26,29-64,68H2,1-2H3,(H,71,72)/b7-5-,13-11-,18-16-,19-17-,24-22-,25-23-,28-27-. The van der Waals surface area contributed by atoms with Crippen LogP contribution in [0.5, 0.6) is 0 Å². The molecule has 0 radical (unpaired) electrons. The average molecular weight is 1100 g/mol. The fourth-order valence-electron chi connectivity index (χ4n) is 9.05. The summed E-state index contributed by atoms with van der Waals surface area (Å²) < 4.78 is 33.1. The van der Waals surface area contributed by atoms with Crippen molar-refractivity contribution in [3.05, 3.63) is 85.1 Å². The molecule has 0 amide bonds. The quantitative estimate of drug-likeness (QED) is 0.0264. The van der Waals surface area contributed by atoms with Gasteiger partial charge in [-0.2, -0.15) is 0 Å². The van der Waals surface area contributed by atoms with Gasteiger partial charge in [0, 0.05) is 19.4 Å². The summed E-state index contributed by atoms with van der Waals surface area (Å²) in [4.78, 5) is 35.3. The lowest BCUT2D eigenvalue weighted by Gasteiger charge is -2.19. The number of hydrogen-bond donors (Lipinski definition) is 2. The van der Waals surface area contributed by atoms with Crippen LogP contribution < -0.4 is 5.73 Å². The first-order chi connectivity index (χ1) is 37.8. The SMILES string of the molecule is CC/C=C\C/C=C\C/C=C\C/C=C\C/C=C\CCCCCCCCCCCCCCCCCCCCCC(=O)OC(COC(=O)CCCCCCCCCCC/C=C\C/C=C\CCCCCCC)COP(=O)(O)OCCN. The van der Waals surface area contributed by atoms with Gasteiger partial charge in [0.25, 0.3) is 0 Å². The Morgan fingerprint density at radius 1 is 0.403 bits per heavy atom. The number of ether oxygens (including phenoxy) is 2. The van der Waals surface area contributed by atoms with Crippen molar-refractivity contribution in [1.29, 1.82) is 0 Å². The topological polar surface area (TPSA) is 134 Å². The van der Waals surface area contributed by atoms with Crippen molar-refractivity contribution in [2.24, 2.45) is 5.73 Å². The maximum absolute atomic E-state index is 12.7. The molecule has 2 unspecified atom stereocenters. The van der Waals surface area contributed by atoms with E-state index in [9.17, 15) is 19.0 Å². The summed E-state index contributed by atoms with van der Waals surface area (Å²) in [5.74, 6) is -0.823. The van der Waals surface area contributed by atoms with Crippen LogP contribution in [0.4, 0.5) is 0 Å². The second kappa shape index (κ2) is 62.4. The summed E-state index contributed by atoms with van der Waals surface area (Å²) in [5.41, 5.74) is 5.39. The zero-order valence-electron chi connectivity index (χ0n) is 49.9. The Kier molecular flexibility index (Phi) is 60.1. The highest BCUT2D eigenvalue weighted by molar-refractivity contribution is 7.47. The van der Waals surface area contributed by atoms with Crippen LogP contribution in [0.25, 0.3) is 0 Å². The number of carbonyl (C=O) groups is 2. The molecule has 3 N–H and O–H groups in total. The Hall–Kier alpha value is -2.81. The van der Waals surface area contributed by atoms with Gasteiger partial charge in [-0.15, -0.1) is 0 Å². The van der Waals surface area contributed by atoms with Crippen molar-refractivity contribution in [1.82, 2.24) is 0 Å². The van der Waals surface area contributed by atoms with E-state index in [2.05, 4.69) is 98.9 Å². The molecule has 2 atom stereocenters. The van der Waals surface area contributed by atoms with E-state index < -0.39 is 26.5 Å². The molecule has 0 spiro atoms. The minimum absolute atomic E-state index is 0.0515. The predicted molar refractivity (Wildman–Crippen MR) is 330 cm³/mol. The van der Waals surface area contributed by atoms with E-state index in [4.69, 9.17) is 24.3 Å². The van der Waals surface area contributed by atoms with Crippen LogP contribution in [0, 0.1) is 0 Å². The largest absolute Gasteiger partial charge is 0.472 e. The van der Waals surface area contributed by atoms with Gasteiger partial charge in [-0.3, -0.25) is 18.6 Å². The van der Waals surface area contributed by atoms with E-state index >= 15 is 0 Å². The van der Waals surface area contributed by atoms with Crippen molar-refractivity contribution >= 4 is 19.8 Å². The molecule has 9 nitrogen and oxygen atoms in total. The zero-order valence-corrected chi connectivity index (χ0v) is 50.8. The third kappa shape index (κ3) is 62.3. The van der Waals surface area contributed by atoms with E-state index in [1.807, 2.05) is 0 Å². The maximum Gasteiger partial charge on any atom is 0.472 e. The Labute approximate surface area is 474 Å². The molecular weight excluding hydrogens is 978 g/mol. The molecule has 0 saturated carbocycles. The number of phosphoric acid groups is 1. The minimum Gasteiger partial charge on any atom is -0.462 e. The third-order valence-corrected chi connectivity index (χ3v) is 14.7. The van der Waals surface area contributed by atoms with Crippen LogP contribution in [0.15, 0.2) is 85.1 Å². The van der Waals surface area contributed by atoms with Crippen molar-refractivity contribution in [2.75, 3.05) is 26.4 Å². The van der Waals surface area contributed by atoms with Crippen molar-refractivity contribution in [3.63, 3.8) is 0 Å². The summed E-state index contributed by atoms with van der Waals surface area (Å²) in [7, 11) is -4.39. The number of rotatable bonds is 60. The number of allylic oxidation sites excluding steroid dienone is 14. The molecule has 0 aliphatic rings. The Morgan fingerprint density at radius 3 is 1.06 bits per heavy atom. The summed E-state index contributed by atoms with van der Waals surface area (Å²) >= 11 is 0. The van der Waals surface area contributed by atoms with Gasteiger partial charge in [-0.25, -0.2) is 4.57 Å². The summed E-state index contributed by atoms with van der Waals surface area (Å²) in [6.45, 7) is 3.65. The Balaban J connectivity index is 3.88. The molecular formula is C67H120NO8P. The van der Waals surface area contributed by atoms with Crippen molar-refractivity contribution in [2.45, 2.75) is 302 Å². The number of esters is 2. The number of nitrogens with two attached hydrogens (primary N) is 1. The van der Waals surface area contributed by atoms with Gasteiger partial charge in [0.05, 0.1) is 13.2 Å². The molecule has 0 saturated heterocycles. The molecule has 0 aliphatic heterocycles. The van der Waals surface area contributed by atoms with Gasteiger partial charge < -0.3 is 20.1 Å². The molecule has 77 heavy (non-hydrogen) atoms. The van der Waals surface area contributed by atoms with E-state index in [0.29, 0.717) is 6.42 Å². The van der Waals surface area contributed by atoms with Gasteiger partial charge >= 0.3 is 19.8 Å². The smallest absolute Gasteiger partial charge is 0.462 e. The van der Waals surface area contributed by atoms with Crippen LogP contribution in [-0.2, 0) is 32.7 Å². The summed E-state index contributed by atoms with van der Waals surface area (Å²) in [6, 6.07) is 0. The zero-order chi connectivity index (χ0) is 55.9. The maximum atomic E-state index is 12.7. The lowest BCUT2D eigenvalue weighted by molar-refractivity contribution is -0.161. The van der Waals surface area contributed by atoms with Crippen molar-refractivity contribution in [3.8, 4) is 0 Å². The molecule has 0 aromatic heterocycles.